The van der Waals surface area contributed by atoms with Crippen LogP contribution in [-0.2, 0) is 4.74 Å². The lowest BCUT2D eigenvalue weighted by molar-refractivity contribution is 0.148. The highest BCUT2D eigenvalue weighted by Crippen LogP contribution is 2.21. The summed E-state index contributed by atoms with van der Waals surface area (Å²) in [6, 6.07) is 9.17. The lowest BCUT2D eigenvalue weighted by atomic mass is 9.98. The van der Waals surface area contributed by atoms with Crippen LogP contribution in [-0.4, -0.2) is 44.8 Å². The third-order valence-electron chi connectivity index (χ3n) is 4.00. The molecule has 0 saturated heterocycles. The van der Waals surface area contributed by atoms with Gasteiger partial charge in [0.05, 0.1) is 6.61 Å². The summed E-state index contributed by atoms with van der Waals surface area (Å²) >= 11 is 0. The van der Waals surface area contributed by atoms with Gasteiger partial charge in [0.2, 0.25) is 0 Å². The topological polar surface area (TPSA) is 24.5 Å². The van der Waals surface area contributed by atoms with Gasteiger partial charge in [0.1, 0.15) is 0 Å². The smallest absolute Gasteiger partial charge is 0.0589 e. The molecular formula is C18H32N2O. The number of nitrogens with one attached hydrogen (secondary N) is 1. The van der Waals surface area contributed by atoms with Crippen molar-refractivity contribution >= 4 is 0 Å². The average Bonchev–Trinajstić information content (AvgIpc) is 2.51. The number of hydrogen-bond acceptors (Lipinski definition) is 3. The fraction of sp³-hybridized carbons (Fsp3) is 0.667. The van der Waals surface area contributed by atoms with E-state index in [4.69, 9.17) is 4.74 Å². The van der Waals surface area contributed by atoms with Crippen LogP contribution in [0.15, 0.2) is 24.3 Å². The van der Waals surface area contributed by atoms with Crippen molar-refractivity contribution in [2.75, 3.05) is 39.9 Å². The second-order valence-corrected chi connectivity index (χ2v) is 5.58. The van der Waals surface area contributed by atoms with Crippen LogP contribution in [0.4, 0.5) is 0 Å². The lowest BCUT2D eigenvalue weighted by Gasteiger charge is -2.25. The summed E-state index contributed by atoms with van der Waals surface area (Å²) in [6.45, 7) is 11.7. The first-order valence-corrected chi connectivity index (χ1v) is 8.23. The van der Waals surface area contributed by atoms with Gasteiger partial charge < -0.3 is 15.0 Å². The number of rotatable bonds is 11. The predicted molar refractivity (Wildman–Crippen MR) is 90.8 cm³/mol. The van der Waals surface area contributed by atoms with Crippen LogP contribution in [0, 0.1) is 6.92 Å². The van der Waals surface area contributed by atoms with Crippen molar-refractivity contribution in [1.82, 2.24) is 10.2 Å². The third-order valence-corrected chi connectivity index (χ3v) is 4.00. The molecular weight excluding hydrogens is 260 g/mol. The van der Waals surface area contributed by atoms with Gasteiger partial charge in [-0.2, -0.15) is 0 Å². The Bertz CT molecular complexity index is 381. The zero-order valence-electron chi connectivity index (χ0n) is 14.2. The van der Waals surface area contributed by atoms with E-state index in [1.807, 2.05) is 0 Å². The number of ether oxygens (including phenoxy) is 1. The van der Waals surface area contributed by atoms with E-state index in [0.29, 0.717) is 6.04 Å². The maximum absolute atomic E-state index is 5.19. The molecule has 21 heavy (non-hydrogen) atoms. The molecule has 0 amide bonds. The van der Waals surface area contributed by atoms with Crippen molar-refractivity contribution in [3.63, 3.8) is 0 Å². The SMILES string of the molecule is CCCNC(CCN(CC)CCOC)c1ccccc1C. The van der Waals surface area contributed by atoms with Gasteiger partial charge in [0.25, 0.3) is 0 Å². The summed E-state index contributed by atoms with van der Waals surface area (Å²) in [4.78, 5) is 2.46. The van der Waals surface area contributed by atoms with E-state index in [2.05, 4.69) is 55.3 Å². The van der Waals surface area contributed by atoms with Crippen molar-refractivity contribution in [3.8, 4) is 0 Å². The number of hydrogen-bond donors (Lipinski definition) is 1. The van der Waals surface area contributed by atoms with Gasteiger partial charge in [-0.05, 0) is 44.0 Å². The minimum Gasteiger partial charge on any atom is -0.383 e. The normalized spacial score (nSPS) is 12.8. The van der Waals surface area contributed by atoms with Crippen molar-refractivity contribution in [2.24, 2.45) is 0 Å². The highest BCUT2D eigenvalue weighted by Gasteiger charge is 2.14. The molecule has 3 nitrogen and oxygen atoms in total. The molecule has 1 aromatic rings. The number of nitrogens with zero attached hydrogens (tertiary/aromatic N) is 1. The zero-order chi connectivity index (χ0) is 15.5. The molecule has 0 radical (unpaired) electrons. The Labute approximate surface area is 130 Å². The van der Waals surface area contributed by atoms with E-state index in [1.54, 1.807) is 7.11 Å². The Hall–Kier alpha value is -0.900. The van der Waals surface area contributed by atoms with Crippen LogP contribution in [0.2, 0.25) is 0 Å². The van der Waals surface area contributed by atoms with Gasteiger partial charge in [-0.15, -0.1) is 0 Å². The lowest BCUT2D eigenvalue weighted by Crippen LogP contribution is -2.32. The summed E-state index contributed by atoms with van der Waals surface area (Å²) in [7, 11) is 1.77. The molecule has 0 bridgehead atoms. The third kappa shape index (κ3) is 6.60. The van der Waals surface area contributed by atoms with Gasteiger partial charge in [0.15, 0.2) is 0 Å². The number of benzene rings is 1. The molecule has 1 rings (SSSR count). The molecule has 3 heteroatoms. The quantitative estimate of drug-likeness (QED) is 0.676. The molecule has 0 saturated carbocycles. The molecule has 1 unspecified atom stereocenters. The van der Waals surface area contributed by atoms with Crippen LogP contribution in [0.25, 0.3) is 0 Å². The van der Waals surface area contributed by atoms with Crippen molar-refractivity contribution in [3.05, 3.63) is 35.4 Å². The fourth-order valence-corrected chi connectivity index (χ4v) is 2.62. The summed E-state index contributed by atoms with van der Waals surface area (Å²) in [6.07, 6.45) is 2.31. The molecule has 120 valence electrons. The van der Waals surface area contributed by atoms with E-state index in [-0.39, 0.29) is 0 Å². The van der Waals surface area contributed by atoms with E-state index >= 15 is 0 Å². The molecule has 1 aromatic carbocycles. The Morgan fingerprint density at radius 1 is 1.19 bits per heavy atom. The van der Waals surface area contributed by atoms with Crippen LogP contribution in [0.3, 0.4) is 0 Å². The van der Waals surface area contributed by atoms with Crippen LogP contribution in [0.5, 0.6) is 0 Å². The molecule has 0 aliphatic carbocycles. The second kappa shape index (κ2) is 10.8. The monoisotopic (exact) mass is 292 g/mol. The summed E-state index contributed by atoms with van der Waals surface area (Å²) in [5.74, 6) is 0. The number of aryl methyl sites for hydroxylation is 1. The number of likely N-dealkylation sites (N-methyl/N-ethyl adjacent to an activating group) is 1. The van der Waals surface area contributed by atoms with Crippen LogP contribution >= 0.6 is 0 Å². The van der Waals surface area contributed by atoms with E-state index in [1.165, 1.54) is 17.5 Å². The predicted octanol–water partition coefficient (Wildman–Crippen LogP) is 3.39. The maximum atomic E-state index is 5.19. The first-order chi connectivity index (χ1) is 10.2. The molecule has 0 aromatic heterocycles. The fourth-order valence-electron chi connectivity index (χ4n) is 2.62. The van der Waals surface area contributed by atoms with Crippen molar-refractivity contribution in [1.29, 1.82) is 0 Å². The van der Waals surface area contributed by atoms with E-state index in [9.17, 15) is 0 Å². The minimum absolute atomic E-state index is 0.447. The Morgan fingerprint density at radius 3 is 2.57 bits per heavy atom. The molecule has 0 fully saturated rings. The molecule has 0 spiro atoms. The van der Waals surface area contributed by atoms with Gasteiger partial charge in [-0.25, -0.2) is 0 Å². The summed E-state index contributed by atoms with van der Waals surface area (Å²) in [5, 5.41) is 3.70. The van der Waals surface area contributed by atoms with E-state index < -0.39 is 0 Å². The minimum atomic E-state index is 0.447. The van der Waals surface area contributed by atoms with Gasteiger partial charge in [0, 0.05) is 26.2 Å². The Balaban J connectivity index is 2.63. The van der Waals surface area contributed by atoms with E-state index in [0.717, 1.165) is 39.2 Å². The summed E-state index contributed by atoms with van der Waals surface area (Å²) in [5.41, 5.74) is 2.82. The molecule has 0 aliphatic rings. The molecule has 1 atom stereocenters. The first kappa shape index (κ1) is 18.1. The van der Waals surface area contributed by atoms with Gasteiger partial charge in [-0.3, -0.25) is 0 Å². The Kier molecular flexibility index (Phi) is 9.31. The average molecular weight is 292 g/mol. The maximum Gasteiger partial charge on any atom is 0.0589 e. The van der Waals surface area contributed by atoms with Crippen LogP contribution in [0.1, 0.15) is 43.9 Å². The highest BCUT2D eigenvalue weighted by atomic mass is 16.5. The Morgan fingerprint density at radius 2 is 1.95 bits per heavy atom. The first-order valence-electron chi connectivity index (χ1n) is 8.23. The zero-order valence-corrected chi connectivity index (χ0v) is 14.2. The molecule has 1 N–H and O–H groups in total. The largest absolute Gasteiger partial charge is 0.383 e. The number of methoxy groups -OCH3 is 1. The van der Waals surface area contributed by atoms with Gasteiger partial charge in [-0.1, -0.05) is 38.1 Å². The van der Waals surface area contributed by atoms with Crippen molar-refractivity contribution in [2.45, 2.75) is 39.7 Å². The molecule has 0 heterocycles. The summed E-state index contributed by atoms with van der Waals surface area (Å²) < 4.78 is 5.19. The van der Waals surface area contributed by atoms with Crippen molar-refractivity contribution < 1.29 is 4.74 Å². The highest BCUT2D eigenvalue weighted by molar-refractivity contribution is 5.28. The second-order valence-electron chi connectivity index (χ2n) is 5.58. The molecule has 0 aliphatic heterocycles. The van der Waals surface area contributed by atoms with Gasteiger partial charge >= 0.3 is 0 Å². The van der Waals surface area contributed by atoms with Crippen LogP contribution < -0.4 is 5.32 Å². The standard InChI is InChI=1S/C18H32N2O/c1-5-12-19-18(17-10-8-7-9-16(17)3)11-13-20(6-2)14-15-21-4/h7-10,18-19H,5-6,11-15H2,1-4H3.